The van der Waals surface area contributed by atoms with Gasteiger partial charge in [0.2, 0.25) is 0 Å². The lowest BCUT2D eigenvalue weighted by atomic mass is 9.99. The molecule has 0 fully saturated rings. The van der Waals surface area contributed by atoms with Crippen LogP contribution in [0.4, 0.5) is 0 Å². The number of ether oxygens (including phenoxy) is 1. The third kappa shape index (κ3) is 3.72. The predicted octanol–water partition coefficient (Wildman–Crippen LogP) is 4.01. The molecule has 3 nitrogen and oxygen atoms in total. The molecule has 1 atom stereocenters. The van der Waals surface area contributed by atoms with Crippen molar-refractivity contribution in [1.82, 2.24) is 5.43 Å². The van der Waals surface area contributed by atoms with E-state index in [0.29, 0.717) is 6.61 Å². The Bertz CT molecular complexity index is 575. The van der Waals surface area contributed by atoms with E-state index >= 15 is 0 Å². The number of halogens is 2. The van der Waals surface area contributed by atoms with Crippen molar-refractivity contribution >= 4 is 38.5 Å². The van der Waals surface area contributed by atoms with Crippen LogP contribution in [0.3, 0.4) is 0 Å². The second kappa shape index (κ2) is 7.40. The number of rotatable bonds is 5. The van der Waals surface area contributed by atoms with Gasteiger partial charge in [0.05, 0.1) is 12.6 Å². The minimum Gasteiger partial charge on any atom is -0.494 e. The van der Waals surface area contributed by atoms with Gasteiger partial charge < -0.3 is 4.74 Å². The number of nitrogens with one attached hydrogen (secondary N) is 1. The highest BCUT2D eigenvalue weighted by Crippen LogP contribution is 2.30. The summed E-state index contributed by atoms with van der Waals surface area (Å²) < 4.78 is 7.67. The number of hydrogen-bond donors (Lipinski definition) is 2. The lowest BCUT2D eigenvalue weighted by molar-refractivity contribution is 0.340. The molecule has 2 rings (SSSR count). The SMILES string of the molecule is CCOc1ccc(C(NN)c2cc(I)ccc2Br)cc1. The molecule has 1 unspecified atom stereocenters. The molecule has 0 aliphatic carbocycles. The monoisotopic (exact) mass is 446 g/mol. The van der Waals surface area contributed by atoms with Crippen LogP contribution >= 0.6 is 38.5 Å². The molecule has 2 aromatic rings. The van der Waals surface area contributed by atoms with Crippen LogP contribution in [0.15, 0.2) is 46.9 Å². The molecule has 20 heavy (non-hydrogen) atoms. The van der Waals surface area contributed by atoms with E-state index in [-0.39, 0.29) is 6.04 Å². The molecule has 106 valence electrons. The van der Waals surface area contributed by atoms with Crippen molar-refractivity contribution in [2.24, 2.45) is 5.84 Å². The first-order valence-corrected chi connectivity index (χ1v) is 8.16. The number of nitrogens with two attached hydrogens (primary N) is 1. The van der Waals surface area contributed by atoms with E-state index in [4.69, 9.17) is 10.6 Å². The van der Waals surface area contributed by atoms with Crippen molar-refractivity contribution in [3.05, 3.63) is 61.6 Å². The minimum atomic E-state index is -0.0604. The molecule has 0 saturated carbocycles. The first kappa shape index (κ1) is 15.8. The van der Waals surface area contributed by atoms with Gasteiger partial charge in [-0.2, -0.15) is 0 Å². The fourth-order valence-electron chi connectivity index (χ4n) is 2.02. The first-order valence-electron chi connectivity index (χ1n) is 6.29. The van der Waals surface area contributed by atoms with Gasteiger partial charge in [0.1, 0.15) is 5.75 Å². The van der Waals surface area contributed by atoms with E-state index in [1.807, 2.05) is 37.3 Å². The standard InChI is InChI=1S/C15H16BrIN2O/c1-2-20-12-6-3-10(4-7-12)15(19-18)13-9-11(17)5-8-14(13)16/h3-9,15,19H,2,18H2,1H3. The zero-order valence-electron chi connectivity index (χ0n) is 11.1. The maximum absolute atomic E-state index is 5.75. The molecular formula is C15H16BrIN2O. The molecule has 5 heteroatoms. The first-order chi connectivity index (χ1) is 9.65. The highest BCUT2D eigenvalue weighted by molar-refractivity contribution is 14.1. The van der Waals surface area contributed by atoms with Gasteiger partial charge in [0, 0.05) is 8.04 Å². The molecule has 2 aromatic carbocycles. The van der Waals surface area contributed by atoms with Crippen molar-refractivity contribution in [2.75, 3.05) is 6.61 Å². The second-order valence-corrected chi connectivity index (χ2v) is 6.37. The van der Waals surface area contributed by atoms with Crippen LogP contribution in [0.5, 0.6) is 5.75 Å². The highest BCUT2D eigenvalue weighted by atomic mass is 127. The van der Waals surface area contributed by atoms with Crippen molar-refractivity contribution in [1.29, 1.82) is 0 Å². The van der Waals surface area contributed by atoms with E-state index in [1.54, 1.807) is 0 Å². The Morgan fingerprint density at radius 3 is 2.55 bits per heavy atom. The maximum atomic E-state index is 5.75. The molecule has 0 aliphatic heterocycles. The van der Waals surface area contributed by atoms with Crippen LogP contribution in [0.2, 0.25) is 0 Å². The molecule has 0 saturated heterocycles. The third-order valence-electron chi connectivity index (χ3n) is 2.96. The van der Waals surface area contributed by atoms with Crippen molar-refractivity contribution < 1.29 is 4.74 Å². The van der Waals surface area contributed by atoms with Gasteiger partial charge in [0.15, 0.2) is 0 Å². The van der Waals surface area contributed by atoms with E-state index in [0.717, 1.165) is 21.3 Å². The maximum Gasteiger partial charge on any atom is 0.119 e. The van der Waals surface area contributed by atoms with Crippen LogP contribution in [0.1, 0.15) is 24.1 Å². The lowest BCUT2D eigenvalue weighted by Gasteiger charge is -2.19. The molecule has 0 spiro atoms. The van der Waals surface area contributed by atoms with Gasteiger partial charge in [-0.05, 0) is 71.0 Å². The normalized spacial score (nSPS) is 12.2. The van der Waals surface area contributed by atoms with Crippen molar-refractivity contribution in [3.8, 4) is 5.75 Å². The third-order valence-corrected chi connectivity index (χ3v) is 4.35. The van der Waals surface area contributed by atoms with E-state index in [9.17, 15) is 0 Å². The molecule has 3 N–H and O–H groups in total. The topological polar surface area (TPSA) is 47.3 Å². The Balaban J connectivity index is 2.34. The Labute approximate surface area is 141 Å². The van der Waals surface area contributed by atoms with Gasteiger partial charge in [-0.25, -0.2) is 5.43 Å². The Kier molecular flexibility index (Phi) is 5.83. The smallest absolute Gasteiger partial charge is 0.119 e. The summed E-state index contributed by atoms with van der Waals surface area (Å²) in [5.74, 6) is 6.62. The fourth-order valence-corrected chi connectivity index (χ4v) is 3.02. The summed E-state index contributed by atoms with van der Waals surface area (Å²) in [7, 11) is 0. The summed E-state index contributed by atoms with van der Waals surface area (Å²) in [4.78, 5) is 0. The Hall–Kier alpha value is -0.630. The average Bonchev–Trinajstić information content (AvgIpc) is 2.45. The fraction of sp³-hybridized carbons (Fsp3) is 0.200. The quantitative estimate of drug-likeness (QED) is 0.414. The summed E-state index contributed by atoms with van der Waals surface area (Å²) >= 11 is 5.88. The highest BCUT2D eigenvalue weighted by Gasteiger charge is 2.15. The van der Waals surface area contributed by atoms with Gasteiger partial charge in [-0.15, -0.1) is 0 Å². The molecule has 0 radical (unpaired) electrons. The van der Waals surface area contributed by atoms with Crippen LogP contribution < -0.4 is 16.0 Å². The van der Waals surface area contributed by atoms with Crippen LogP contribution in [-0.4, -0.2) is 6.61 Å². The summed E-state index contributed by atoms with van der Waals surface area (Å²) in [5, 5.41) is 0. The predicted molar refractivity (Wildman–Crippen MR) is 93.6 cm³/mol. The molecule has 0 amide bonds. The van der Waals surface area contributed by atoms with Gasteiger partial charge in [0.25, 0.3) is 0 Å². The van der Waals surface area contributed by atoms with Crippen LogP contribution in [0.25, 0.3) is 0 Å². The number of hydrazine groups is 1. The van der Waals surface area contributed by atoms with Gasteiger partial charge in [-0.3, -0.25) is 5.84 Å². The van der Waals surface area contributed by atoms with Crippen LogP contribution in [0, 0.1) is 3.57 Å². The Morgan fingerprint density at radius 1 is 1.25 bits per heavy atom. The summed E-state index contributed by atoms with van der Waals surface area (Å²) in [5.41, 5.74) is 5.09. The number of benzene rings is 2. The molecule has 0 aromatic heterocycles. The summed E-state index contributed by atoms with van der Waals surface area (Å²) in [6, 6.07) is 14.1. The van der Waals surface area contributed by atoms with Crippen LogP contribution in [-0.2, 0) is 0 Å². The van der Waals surface area contributed by atoms with Gasteiger partial charge >= 0.3 is 0 Å². The zero-order valence-corrected chi connectivity index (χ0v) is 14.8. The molecule has 0 bridgehead atoms. The summed E-state index contributed by atoms with van der Waals surface area (Å²) in [6.45, 7) is 2.64. The largest absolute Gasteiger partial charge is 0.494 e. The van der Waals surface area contributed by atoms with Crippen molar-refractivity contribution in [2.45, 2.75) is 13.0 Å². The molecule has 0 heterocycles. The van der Waals surface area contributed by atoms with Gasteiger partial charge in [-0.1, -0.05) is 28.1 Å². The lowest BCUT2D eigenvalue weighted by Crippen LogP contribution is -2.29. The van der Waals surface area contributed by atoms with Crippen molar-refractivity contribution in [3.63, 3.8) is 0 Å². The molecular weight excluding hydrogens is 431 g/mol. The minimum absolute atomic E-state index is 0.0604. The summed E-state index contributed by atoms with van der Waals surface area (Å²) in [6.07, 6.45) is 0. The second-order valence-electron chi connectivity index (χ2n) is 4.27. The van der Waals surface area contributed by atoms with E-state index in [1.165, 1.54) is 3.57 Å². The Morgan fingerprint density at radius 2 is 1.95 bits per heavy atom. The zero-order chi connectivity index (χ0) is 14.5. The average molecular weight is 447 g/mol. The van der Waals surface area contributed by atoms with E-state index < -0.39 is 0 Å². The van der Waals surface area contributed by atoms with E-state index in [2.05, 4.69) is 56.1 Å². The number of hydrogen-bond acceptors (Lipinski definition) is 3. The molecule has 0 aliphatic rings.